The second-order valence-electron chi connectivity index (χ2n) is 7.01. The summed E-state index contributed by atoms with van der Waals surface area (Å²) < 4.78 is 0. The SMILES string of the molecule is N#Cc1cccnc1N1CCC[C@@](CO)(CCCc2ccccc2)C1. The largest absolute Gasteiger partial charge is 0.396 e. The molecule has 4 nitrogen and oxygen atoms in total. The number of benzene rings is 1. The molecule has 0 radical (unpaired) electrons. The van der Waals surface area contributed by atoms with Gasteiger partial charge in [0.1, 0.15) is 11.9 Å². The lowest BCUT2D eigenvalue weighted by Gasteiger charge is -2.42. The van der Waals surface area contributed by atoms with E-state index < -0.39 is 0 Å². The maximum absolute atomic E-state index is 10.1. The molecule has 1 aliphatic heterocycles. The van der Waals surface area contributed by atoms with Crippen molar-refractivity contribution in [1.29, 1.82) is 5.26 Å². The number of hydrogen-bond acceptors (Lipinski definition) is 4. The lowest BCUT2D eigenvalue weighted by Crippen LogP contribution is -2.46. The van der Waals surface area contributed by atoms with Gasteiger partial charge in [0.05, 0.1) is 12.2 Å². The summed E-state index contributed by atoms with van der Waals surface area (Å²) in [6, 6.07) is 16.3. The summed E-state index contributed by atoms with van der Waals surface area (Å²) in [5, 5.41) is 19.5. The minimum Gasteiger partial charge on any atom is -0.396 e. The van der Waals surface area contributed by atoms with Crippen molar-refractivity contribution in [3.63, 3.8) is 0 Å². The molecule has 0 unspecified atom stereocenters. The van der Waals surface area contributed by atoms with Crippen molar-refractivity contribution in [2.45, 2.75) is 32.1 Å². The van der Waals surface area contributed by atoms with Gasteiger partial charge in [-0.05, 0) is 49.8 Å². The molecule has 0 amide bonds. The first-order chi connectivity index (χ1) is 12.3. The molecule has 2 heterocycles. The Morgan fingerprint density at radius 1 is 1.20 bits per heavy atom. The molecule has 130 valence electrons. The van der Waals surface area contributed by atoms with E-state index in [1.807, 2.05) is 12.1 Å². The highest BCUT2D eigenvalue weighted by atomic mass is 16.3. The van der Waals surface area contributed by atoms with Crippen LogP contribution in [0.3, 0.4) is 0 Å². The Kier molecular flexibility index (Phi) is 5.67. The molecule has 25 heavy (non-hydrogen) atoms. The van der Waals surface area contributed by atoms with Gasteiger partial charge in [-0.25, -0.2) is 4.98 Å². The van der Waals surface area contributed by atoms with E-state index in [9.17, 15) is 10.4 Å². The smallest absolute Gasteiger partial charge is 0.146 e. The molecule has 2 aromatic rings. The summed E-state index contributed by atoms with van der Waals surface area (Å²) in [5.41, 5.74) is 1.86. The molecular weight excluding hydrogens is 310 g/mol. The van der Waals surface area contributed by atoms with Crippen LogP contribution < -0.4 is 4.90 Å². The van der Waals surface area contributed by atoms with E-state index in [0.29, 0.717) is 5.56 Å². The molecule has 4 heteroatoms. The van der Waals surface area contributed by atoms with Crippen molar-refractivity contribution >= 4 is 5.82 Å². The van der Waals surface area contributed by atoms with E-state index in [1.165, 1.54) is 5.56 Å². The average Bonchev–Trinajstić information content (AvgIpc) is 2.69. The van der Waals surface area contributed by atoms with Crippen molar-refractivity contribution in [2.75, 3.05) is 24.6 Å². The summed E-state index contributed by atoms with van der Waals surface area (Å²) in [7, 11) is 0. The Morgan fingerprint density at radius 2 is 2.04 bits per heavy atom. The fourth-order valence-corrected chi connectivity index (χ4v) is 3.85. The number of aryl methyl sites for hydroxylation is 1. The van der Waals surface area contributed by atoms with Crippen LogP contribution in [0, 0.1) is 16.7 Å². The number of nitriles is 1. The Bertz CT molecular complexity index is 725. The molecule has 1 fully saturated rings. The van der Waals surface area contributed by atoms with Gasteiger partial charge in [0, 0.05) is 24.7 Å². The Labute approximate surface area is 149 Å². The summed E-state index contributed by atoms with van der Waals surface area (Å²) >= 11 is 0. The van der Waals surface area contributed by atoms with Crippen LogP contribution in [0.1, 0.15) is 36.8 Å². The van der Waals surface area contributed by atoms with Crippen LogP contribution in [0.25, 0.3) is 0 Å². The number of anilines is 1. The molecule has 0 bridgehead atoms. The van der Waals surface area contributed by atoms with E-state index in [-0.39, 0.29) is 12.0 Å². The number of rotatable bonds is 6. The highest BCUT2D eigenvalue weighted by Crippen LogP contribution is 2.36. The Balaban J connectivity index is 1.67. The van der Waals surface area contributed by atoms with Gasteiger partial charge in [0.25, 0.3) is 0 Å². The summed E-state index contributed by atoms with van der Waals surface area (Å²) in [5.74, 6) is 0.755. The van der Waals surface area contributed by atoms with Gasteiger partial charge in [-0.1, -0.05) is 30.3 Å². The maximum Gasteiger partial charge on any atom is 0.146 e. The number of pyridine rings is 1. The molecule has 1 atom stereocenters. The first kappa shape index (κ1) is 17.4. The van der Waals surface area contributed by atoms with Gasteiger partial charge in [-0.3, -0.25) is 0 Å². The highest BCUT2D eigenvalue weighted by molar-refractivity contribution is 5.53. The number of aliphatic hydroxyl groups is 1. The average molecular weight is 335 g/mol. The third kappa shape index (κ3) is 4.18. The zero-order valence-electron chi connectivity index (χ0n) is 14.6. The zero-order valence-corrected chi connectivity index (χ0v) is 14.6. The standard InChI is InChI=1S/C21H25N3O/c22-15-19-10-5-13-23-20(19)24-14-6-12-21(16-24,17-25)11-4-9-18-7-2-1-3-8-18/h1-3,5,7-8,10,13,25H,4,6,9,11-12,14,16-17H2/t21-/m0/s1. The number of aliphatic hydroxyl groups excluding tert-OH is 1. The van der Waals surface area contributed by atoms with E-state index in [2.05, 4.69) is 40.2 Å². The molecule has 0 spiro atoms. The van der Waals surface area contributed by atoms with Gasteiger partial charge in [-0.15, -0.1) is 0 Å². The van der Waals surface area contributed by atoms with Crippen LogP contribution >= 0.6 is 0 Å². The predicted molar refractivity (Wildman–Crippen MR) is 99.3 cm³/mol. The predicted octanol–water partition coefficient (Wildman–Crippen LogP) is 3.56. The van der Waals surface area contributed by atoms with E-state index in [0.717, 1.165) is 51.0 Å². The zero-order chi connectivity index (χ0) is 17.5. The van der Waals surface area contributed by atoms with Crippen molar-refractivity contribution in [3.8, 4) is 6.07 Å². The van der Waals surface area contributed by atoms with Crippen molar-refractivity contribution in [3.05, 3.63) is 59.8 Å². The van der Waals surface area contributed by atoms with E-state index in [1.54, 1.807) is 12.3 Å². The van der Waals surface area contributed by atoms with Crippen LogP contribution in [0.15, 0.2) is 48.7 Å². The van der Waals surface area contributed by atoms with Crippen molar-refractivity contribution in [1.82, 2.24) is 4.98 Å². The molecule has 3 rings (SSSR count). The second kappa shape index (κ2) is 8.13. The maximum atomic E-state index is 10.1. The molecule has 1 aromatic carbocycles. The molecule has 0 aliphatic carbocycles. The molecule has 0 saturated carbocycles. The van der Waals surface area contributed by atoms with Gasteiger partial charge >= 0.3 is 0 Å². The van der Waals surface area contributed by atoms with Crippen LogP contribution in [0.5, 0.6) is 0 Å². The van der Waals surface area contributed by atoms with Gasteiger partial charge in [-0.2, -0.15) is 5.26 Å². The van der Waals surface area contributed by atoms with Crippen LogP contribution in [0.2, 0.25) is 0 Å². The third-order valence-electron chi connectivity index (χ3n) is 5.22. The van der Waals surface area contributed by atoms with Gasteiger partial charge in [0.2, 0.25) is 0 Å². The molecular formula is C21H25N3O. The molecule has 1 aromatic heterocycles. The summed E-state index contributed by atoms with van der Waals surface area (Å²) in [4.78, 5) is 6.60. The minimum absolute atomic E-state index is 0.0999. The van der Waals surface area contributed by atoms with Gasteiger partial charge in [0.15, 0.2) is 0 Å². The highest BCUT2D eigenvalue weighted by Gasteiger charge is 2.35. The lowest BCUT2D eigenvalue weighted by molar-refractivity contribution is 0.0938. The van der Waals surface area contributed by atoms with Crippen LogP contribution in [-0.4, -0.2) is 29.8 Å². The molecule has 1 N–H and O–H groups in total. The van der Waals surface area contributed by atoms with Crippen molar-refractivity contribution in [2.24, 2.45) is 5.41 Å². The van der Waals surface area contributed by atoms with E-state index in [4.69, 9.17) is 0 Å². The van der Waals surface area contributed by atoms with Crippen LogP contribution in [-0.2, 0) is 6.42 Å². The minimum atomic E-state index is -0.0999. The summed E-state index contributed by atoms with van der Waals surface area (Å²) in [6.07, 6.45) is 6.88. The monoisotopic (exact) mass is 335 g/mol. The Hall–Kier alpha value is -2.38. The van der Waals surface area contributed by atoms with Gasteiger partial charge < -0.3 is 10.0 Å². The van der Waals surface area contributed by atoms with E-state index >= 15 is 0 Å². The van der Waals surface area contributed by atoms with Crippen LogP contribution in [0.4, 0.5) is 5.82 Å². The first-order valence-electron chi connectivity index (χ1n) is 9.01. The Morgan fingerprint density at radius 3 is 2.80 bits per heavy atom. The molecule has 1 saturated heterocycles. The van der Waals surface area contributed by atoms with Crippen molar-refractivity contribution < 1.29 is 5.11 Å². The fourth-order valence-electron chi connectivity index (χ4n) is 3.85. The first-order valence-corrected chi connectivity index (χ1v) is 9.01. The lowest BCUT2D eigenvalue weighted by atomic mass is 9.76. The number of nitrogens with zero attached hydrogens (tertiary/aromatic N) is 3. The third-order valence-corrected chi connectivity index (χ3v) is 5.22. The number of piperidine rings is 1. The fraction of sp³-hybridized carbons (Fsp3) is 0.429. The normalized spacial score (nSPS) is 20.2. The quantitative estimate of drug-likeness (QED) is 0.877. The topological polar surface area (TPSA) is 60.2 Å². The number of hydrogen-bond donors (Lipinski definition) is 1. The molecule has 1 aliphatic rings. The number of aromatic nitrogens is 1. The second-order valence-corrected chi connectivity index (χ2v) is 7.01. The summed E-state index contributed by atoms with van der Waals surface area (Å²) in [6.45, 7) is 1.85.